The highest BCUT2D eigenvalue weighted by Gasteiger charge is 2.15. The molecule has 0 saturated heterocycles. The highest BCUT2D eigenvalue weighted by molar-refractivity contribution is 7.15. The second-order valence-electron chi connectivity index (χ2n) is 6.42. The number of hydrogen-bond donors (Lipinski definition) is 1. The Balaban J connectivity index is 1.23. The molecule has 0 saturated carbocycles. The molecule has 3 aromatic rings. The number of nitrogens with zero attached hydrogens (tertiary/aromatic N) is 3. The first-order valence-electron chi connectivity index (χ1n) is 8.80. The van der Waals surface area contributed by atoms with Gasteiger partial charge in [-0.25, -0.2) is 4.98 Å². The Morgan fingerprint density at radius 2 is 2.24 bits per heavy atom. The van der Waals surface area contributed by atoms with Crippen LogP contribution >= 0.6 is 11.3 Å². The van der Waals surface area contributed by atoms with Crippen LogP contribution in [0, 0.1) is 0 Å². The van der Waals surface area contributed by atoms with E-state index < -0.39 is 0 Å². The molecule has 0 bridgehead atoms. The Morgan fingerprint density at radius 3 is 3.16 bits per heavy atom. The van der Waals surface area contributed by atoms with Crippen molar-refractivity contribution >= 4 is 27.9 Å². The average Bonchev–Trinajstić information content (AvgIpc) is 3.20. The molecule has 130 valence electrons. The van der Waals surface area contributed by atoms with E-state index in [9.17, 15) is 4.79 Å². The first-order chi connectivity index (χ1) is 12.3. The van der Waals surface area contributed by atoms with Crippen LogP contribution in [0.1, 0.15) is 24.1 Å². The van der Waals surface area contributed by atoms with E-state index in [1.165, 1.54) is 24.1 Å². The van der Waals surface area contributed by atoms with Crippen molar-refractivity contribution in [2.75, 3.05) is 24.5 Å². The molecule has 3 heterocycles. The van der Waals surface area contributed by atoms with Crippen LogP contribution in [0.3, 0.4) is 0 Å². The molecule has 1 aliphatic rings. The molecule has 6 heteroatoms. The van der Waals surface area contributed by atoms with Gasteiger partial charge >= 0.3 is 0 Å². The molecule has 1 amide bonds. The number of nitrogens with one attached hydrogen (secondary N) is 1. The van der Waals surface area contributed by atoms with Crippen molar-refractivity contribution in [3.63, 3.8) is 0 Å². The van der Waals surface area contributed by atoms with E-state index in [4.69, 9.17) is 0 Å². The molecule has 1 N–H and O–H groups in total. The van der Waals surface area contributed by atoms with Gasteiger partial charge in [0.25, 0.3) is 0 Å². The Bertz CT molecular complexity index is 841. The van der Waals surface area contributed by atoms with Gasteiger partial charge in [-0.3, -0.25) is 9.20 Å². The summed E-state index contributed by atoms with van der Waals surface area (Å²) in [4.78, 5) is 19.9. The molecule has 25 heavy (non-hydrogen) atoms. The Morgan fingerprint density at radius 1 is 1.32 bits per heavy atom. The van der Waals surface area contributed by atoms with Crippen molar-refractivity contribution in [3.05, 3.63) is 53.3 Å². The lowest BCUT2D eigenvalue weighted by Gasteiger charge is -2.31. The molecular formula is C19H22N4OS. The fourth-order valence-electron chi connectivity index (χ4n) is 3.43. The minimum Gasteiger partial charge on any atom is -0.371 e. The largest absolute Gasteiger partial charge is 0.371 e. The number of anilines is 1. The van der Waals surface area contributed by atoms with Crippen LogP contribution in [0.15, 0.2) is 42.0 Å². The lowest BCUT2D eigenvalue weighted by Crippen LogP contribution is -2.33. The van der Waals surface area contributed by atoms with Gasteiger partial charge in [-0.1, -0.05) is 18.2 Å². The van der Waals surface area contributed by atoms with Crippen molar-refractivity contribution in [3.8, 4) is 0 Å². The highest BCUT2D eigenvalue weighted by atomic mass is 32.1. The minimum absolute atomic E-state index is 0.0461. The number of rotatable bonds is 6. The number of carbonyl (C=O) groups excluding carboxylic acids is 1. The van der Waals surface area contributed by atoms with Crippen LogP contribution < -0.4 is 10.2 Å². The van der Waals surface area contributed by atoms with Gasteiger partial charge in [0, 0.05) is 43.1 Å². The number of carbonyl (C=O) groups is 1. The summed E-state index contributed by atoms with van der Waals surface area (Å²) >= 11 is 1.58. The zero-order chi connectivity index (χ0) is 17.1. The molecule has 0 unspecified atom stereocenters. The molecule has 1 aromatic carbocycles. The summed E-state index contributed by atoms with van der Waals surface area (Å²) in [7, 11) is 0. The van der Waals surface area contributed by atoms with Crippen LogP contribution in [0.4, 0.5) is 5.69 Å². The monoisotopic (exact) mass is 354 g/mol. The third-order valence-electron chi connectivity index (χ3n) is 4.62. The quantitative estimate of drug-likeness (QED) is 0.693. The predicted octanol–water partition coefficient (Wildman–Crippen LogP) is 2.90. The Hall–Kier alpha value is -2.34. The summed E-state index contributed by atoms with van der Waals surface area (Å²) in [6.07, 6.45) is 7.58. The van der Waals surface area contributed by atoms with E-state index in [-0.39, 0.29) is 5.91 Å². The number of fused-ring (bicyclic) bond motifs is 2. The van der Waals surface area contributed by atoms with Crippen molar-refractivity contribution in [1.29, 1.82) is 0 Å². The number of para-hydroxylation sites is 1. The van der Waals surface area contributed by atoms with E-state index in [1.807, 2.05) is 22.2 Å². The number of amides is 1. The van der Waals surface area contributed by atoms with Gasteiger partial charge in [0.1, 0.15) is 0 Å². The van der Waals surface area contributed by atoms with Crippen LogP contribution in [0.2, 0.25) is 0 Å². The zero-order valence-corrected chi connectivity index (χ0v) is 15.0. The van der Waals surface area contributed by atoms with Gasteiger partial charge in [-0.05, 0) is 30.9 Å². The van der Waals surface area contributed by atoms with Crippen molar-refractivity contribution in [2.45, 2.75) is 25.7 Å². The number of thiazole rings is 1. The molecule has 0 aliphatic carbocycles. The van der Waals surface area contributed by atoms with E-state index in [1.54, 1.807) is 11.3 Å². The fourth-order valence-corrected chi connectivity index (χ4v) is 4.15. The summed E-state index contributed by atoms with van der Waals surface area (Å²) in [5, 5.41) is 5.01. The average molecular weight is 354 g/mol. The lowest BCUT2D eigenvalue weighted by molar-refractivity contribution is -0.120. The maximum absolute atomic E-state index is 12.1. The third-order valence-corrected chi connectivity index (χ3v) is 5.39. The topological polar surface area (TPSA) is 49.6 Å². The standard InChI is InChI=1S/C19H22N4OS/c24-18(13-16-14-23-11-12-25-19(23)21-16)20-8-4-10-22-9-3-6-15-5-1-2-7-17(15)22/h1-2,5,7,11-12,14H,3-4,6,8-10,13H2,(H,20,24). The molecule has 0 fully saturated rings. The molecule has 1 aliphatic heterocycles. The molecule has 0 spiro atoms. The van der Waals surface area contributed by atoms with Gasteiger partial charge < -0.3 is 10.2 Å². The van der Waals surface area contributed by atoms with Crippen molar-refractivity contribution < 1.29 is 4.79 Å². The summed E-state index contributed by atoms with van der Waals surface area (Å²) in [6, 6.07) is 8.65. The second-order valence-corrected chi connectivity index (χ2v) is 7.30. The summed E-state index contributed by atoms with van der Waals surface area (Å²) < 4.78 is 1.96. The van der Waals surface area contributed by atoms with Gasteiger partial charge in [-0.2, -0.15) is 0 Å². The van der Waals surface area contributed by atoms with Crippen LogP contribution in [-0.2, 0) is 17.6 Å². The molecule has 0 radical (unpaired) electrons. The van der Waals surface area contributed by atoms with Crippen molar-refractivity contribution in [1.82, 2.24) is 14.7 Å². The highest BCUT2D eigenvalue weighted by Crippen LogP contribution is 2.26. The van der Waals surface area contributed by atoms with Gasteiger partial charge in [0.2, 0.25) is 5.91 Å². The second kappa shape index (κ2) is 7.27. The molecule has 5 nitrogen and oxygen atoms in total. The summed E-state index contributed by atoms with van der Waals surface area (Å²) in [5.41, 5.74) is 3.63. The molecule has 0 atom stereocenters. The van der Waals surface area contributed by atoms with Gasteiger partial charge in [-0.15, -0.1) is 11.3 Å². The smallest absolute Gasteiger partial charge is 0.226 e. The van der Waals surface area contributed by atoms with E-state index in [2.05, 4.69) is 39.5 Å². The van der Waals surface area contributed by atoms with Crippen LogP contribution in [0.5, 0.6) is 0 Å². The van der Waals surface area contributed by atoms with Crippen LogP contribution in [-0.4, -0.2) is 34.9 Å². The Kier molecular flexibility index (Phi) is 4.70. The lowest BCUT2D eigenvalue weighted by atomic mass is 10.0. The predicted molar refractivity (Wildman–Crippen MR) is 101 cm³/mol. The maximum atomic E-state index is 12.1. The molecular weight excluding hydrogens is 332 g/mol. The molecule has 2 aromatic heterocycles. The first kappa shape index (κ1) is 16.1. The van der Waals surface area contributed by atoms with Gasteiger partial charge in [0.15, 0.2) is 4.96 Å². The van der Waals surface area contributed by atoms with E-state index >= 15 is 0 Å². The van der Waals surface area contributed by atoms with Crippen molar-refractivity contribution in [2.24, 2.45) is 0 Å². The Labute approximate surface area is 151 Å². The number of benzene rings is 1. The van der Waals surface area contributed by atoms with E-state index in [0.29, 0.717) is 13.0 Å². The maximum Gasteiger partial charge on any atom is 0.226 e. The number of imidazole rings is 1. The van der Waals surface area contributed by atoms with E-state index in [0.717, 1.165) is 30.2 Å². The number of hydrogen-bond acceptors (Lipinski definition) is 4. The third kappa shape index (κ3) is 3.69. The SMILES string of the molecule is O=C(Cc1cn2ccsc2n1)NCCCN1CCCc2ccccc21. The zero-order valence-electron chi connectivity index (χ0n) is 14.1. The fraction of sp³-hybridized carbons (Fsp3) is 0.368. The van der Waals surface area contributed by atoms with Gasteiger partial charge in [0.05, 0.1) is 12.1 Å². The normalized spacial score (nSPS) is 13.8. The van der Waals surface area contributed by atoms with Crippen LogP contribution in [0.25, 0.3) is 4.96 Å². The first-order valence-corrected chi connectivity index (χ1v) is 9.68. The molecule has 4 rings (SSSR count). The minimum atomic E-state index is 0.0461. The number of aromatic nitrogens is 2. The number of aryl methyl sites for hydroxylation is 1. The summed E-state index contributed by atoms with van der Waals surface area (Å²) in [6.45, 7) is 2.80. The summed E-state index contributed by atoms with van der Waals surface area (Å²) in [5.74, 6) is 0.0461.